The van der Waals surface area contributed by atoms with Gasteiger partial charge in [0.05, 0.1) is 5.56 Å². The number of nitrogens with one attached hydrogen (secondary N) is 2. The van der Waals surface area contributed by atoms with Gasteiger partial charge in [-0.25, -0.2) is 34.7 Å². The third-order valence-electron chi connectivity index (χ3n) is 7.81. The van der Waals surface area contributed by atoms with Gasteiger partial charge in [-0.05, 0) is 6.07 Å². The molecule has 2 aliphatic heterocycles. The van der Waals surface area contributed by atoms with Crippen LogP contribution in [0.5, 0.6) is 0 Å². The van der Waals surface area contributed by atoms with Gasteiger partial charge in [-0.1, -0.05) is 84.9 Å². The number of nitrogens with zero attached hydrogens (tertiary/aromatic N) is 6. The van der Waals surface area contributed by atoms with Crippen molar-refractivity contribution >= 4 is 50.1 Å². The van der Waals surface area contributed by atoms with Crippen molar-refractivity contribution in [1.82, 2.24) is 39.9 Å². The van der Waals surface area contributed by atoms with E-state index in [9.17, 15) is 9.90 Å². The van der Waals surface area contributed by atoms with Gasteiger partial charge in [0.2, 0.25) is 0 Å². The number of H-pyrrole nitrogens is 2. The molecular formula is C33H18N8O2. The fourth-order valence-corrected chi connectivity index (χ4v) is 5.87. The third kappa shape index (κ3) is 3.43. The zero-order valence-corrected chi connectivity index (χ0v) is 22.2. The quantitative estimate of drug-likeness (QED) is 0.205. The molecule has 9 rings (SSSR count). The highest BCUT2D eigenvalue weighted by molar-refractivity contribution is 6.14. The van der Waals surface area contributed by atoms with E-state index in [1.165, 1.54) is 0 Å². The Kier molecular flexibility index (Phi) is 4.69. The van der Waals surface area contributed by atoms with Crippen molar-refractivity contribution in [3.05, 3.63) is 96.6 Å². The van der Waals surface area contributed by atoms with E-state index in [0.717, 1.165) is 33.0 Å². The summed E-state index contributed by atoms with van der Waals surface area (Å²) in [5.41, 5.74) is 5.36. The molecule has 0 spiro atoms. The van der Waals surface area contributed by atoms with Crippen molar-refractivity contribution < 1.29 is 9.90 Å². The molecule has 0 radical (unpaired) electrons. The summed E-state index contributed by atoms with van der Waals surface area (Å²) in [7, 11) is 0. The van der Waals surface area contributed by atoms with Gasteiger partial charge in [-0.3, -0.25) is 0 Å². The van der Waals surface area contributed by atoms with Crippen LogP contribution in [0.1, 0.15) is 10.4 Å². The second-order valence-electron chi connectivity index (χ2n) is 10.3. The fraction of sp³-hybridized carbons (Fsp3) is 0. The molecule has 10 nitrogen and oxygen atoms in total. The number of hydrogen-bond donors (Lipinski definition) is 3. The first-order valence-corrected chi connectivity index (χ1v) is 13.6. The molecule has 43 heavy (non-hydrogen) atoms. The smallest absolute Gasteiger partial charge is 0.336 e. The summed E-state index contributed by atoms with van der Waals surface area (Å²) >= 11 is 0. The Bertz CT molecular complexity index is 2510. The van der Waals surface area contributed by atoms with Gasteiger partial charge in [0.15, 0.2) is 23.3 Å². The average molecular weight is 559 g/mol. The van der Waals surface area contributed by atoms with Crippen LogP contribution in [0, 0.1) is 0 Å². The lowest BCUT2D eigenvalue weighted by Gasteiger charge is -1.98. The lowest BCUT2D eigenvalue weighted by Crippen LogP contribution is -1.96. The predicted molar refractivity (Wildman–Crippen MR) is 163 cm³/mol. The number of carbonyl (C=O) groups is 1. The van der Waals surface area contributed by atoms with Crippen LogP contribution < -0.4 is 0 Å². The average Bonchev–Trinajstić information content (AvgIpc) is 3.76. The molecular weight excluding hydrogens is 540 g/mol. The van der Waals surface area contributed by atoms with E-state index in [4.69, 9.17) is 29.9 Å². The van der Waals surface area contributed by atoms with Crippen molar-refractivity contribution in [2.24, 2.45) is 0 Å². The van der Waals surface area contributed by atoms with Crippen LogP contribution in [0.3, 0.4) is 0 Å². The van der Waals surface area contributed by atoms with E-state index in [0.29, 0.717) is 56.7 Å². The molecule has 3 N–H and O–H groups in total. The monoisotopic (exact) mass is 558 g/mol. The summed E-state index contributed by atoms with van der Waals surface area (Å²) < 4.78 is 0. The van der Waals surface area contributed by atoms with Crippen LogP contribution in [0.25, 0.3) is 89.7 Å². The lowest BCUT2D eigenvalue weighted by molar-refractivity contribution is 0.0699. The maximum atomic E-state index is 12.3. The molecule has 7 aromatic rings. The van der Waals surface area contributed by atoms with E-state index in [2.05, 4.69) is 9.97 Å². The second kappa shape index (κ2) is 8.60. The third-order valence-corrected chi connectivity index (χ3v) is 7.81. The molecule has 0 aliphatic carbocycles. The Morgan fingerprint density at radius 1 is 0.465 bits per heavy atom. The number of hydrogen-bond acceptors (Lipinski definition) is 7. The van der Waals surface area contributed by atoms with Gasteiger partial charge in [0, 0.05) is 43.8 Å². The molecule has 202 valence electrons. The topological polar surface area (TPSA) is 146 Å². The number of aromatic carboxylic acids is 1. The van der Waals surface area contributed by atoms with Gasteiger partial charge in [-0.2, -0.15) is 0 Å². The lowest BCUT2D eigenvalue weighted by atomic mass is 10.1. The largest absolute Gasteiger partial charge is 0.478 e. The first kappa shape index (κ1) is 23.4. The number of aromatic amines is 2. The highest BCUT2D eigenvalue weighted by Crippen LogP contribution is 2.37. The Morgan fingerprint density at radius 2 is 0.860 bits per heavy atom. The Morgan fingerprint density at radius 3 is 1.35 bits per heavy atom. The Hall–Kier alpha value is -6.29. The molecule has 10 heteroatoms. The minimum absolute atomic E-state index is 0.105. The van der Waals surface area contributed by atoms with Crippen LogP contribution in [-0.4, -0.2) is 50.9 Å². The van der Waals surface area contributed by atoms with Crippen LogP contribution in [-0.2, 0) is 0 Å². The standard InChI is InChI=1S/C33H18N8O2/c42-33(43)23-15-7-14-22-24(23)32-40-30-21-13-6-5-12-20(21)28(38-30)36-26-17-9-2-1-8-16(17)25(34-26)35-27-18-10-3-4-11-19(18)29(37-27)39-31(22)41-32/h1-15H,(H,42,43)(H2,34,35,36,37,38,39,40,41). The number of carboxylic acids is 1. The molecule has 3 aromatic heterocycles. The second-order valence-corrected chi connectivity index (χ2v) is 10.3. The van der Waals surface area contributed by atoms with Crippen molar-refractivity contribution in [3.8, 4) is 45.6 Å². The van der Waals surface area contributed by atoms with Crippen molar-refractivity contribution in [2.45, 2.75) is 0 Å². The SMILES string of the molecule is O=C(O)c1cccc2c3nc4nc(nc5[nH]c(nc6nc(nc([nH]3)c12)-c1ccccc1-6)c1ccccc51)-c1ccccc1-4. The van der Waals surface area contributed by atoms with E-state index in [1.54, 1.807) is 12.1 Å². The molecule has 2 aliphatic rings. The van der Waals surface area contributed by atoms with E-state index in [1.807, 2.05) is 78.9 Å². The normalized spacial score (nSPS) is 11.9. The molecule has 0 fully saturated rings. The molecule has 0 unspecified atom stereocenters. The van der Waals surface area contributed by atoms with Crippen LogP contribution in [0.4, 0.5) is 0 Å². The Balaban J connectivity index is 1.52. The zero-order valence-electron chi connectivity index (χ0n) is 22.2. The summed E-state index contributed by atoms with van der Waals surface area (Å²) in [6, 6.07) is 28.5. The van der Waals surface area contributed by atoms with E-state index in [-0.39, 0.29) is 5.56 Å². The van der Waals surface area contributed by atoms with Crippen molar-refractivity contribution in [2.75, 3.05) is 0 Å². The van der Waals surface area contributed by atoms with E-state index < -0.39 is 5.97 Å². The maximum absolute atomic E-state index is 12.3. The number of benzene rings is 4. The molecule has 0 atom stereocenters. The number of carboxylic acid groups (broad SMARTS) is 1. The first-order chi connectivity index (χ1) is 21.1. The van der Waals surface area contributed by atoms with Gasteiger partial charge < -0.3 is 15.1 Å². The Labute approximate surface area is 241 Å². The van der Waals surface area contributed by atoms with E-state index >= 15 is 0 Å². The van der Waals surface area contributed by atoms with Gasteiger partial charge in [0.1, 0.15) is 22.6 Å². The highest BCUT2D eigenvalue weighted by Gasteiger charge is 2.22. The van der Waals surface area contributed by atoms with Gasteiger partial charge >= 0.3 is 5.97 Å². The van der Waals surface area contributed by atoms with Crippen LogP contribution in [0.2, 0.25) is 0 Å². The van der Waals surface area contributed by atoms with Crippen LogP contribution >= 0.6 is 0 Å². The fourth-order valence-electron chi connectivity index (χ4n) is 5.87. The minimum Gasteiger partial charge on any atom is -0.478 e. The summed E-state index contributed by atoms with van der Waals surface area (Å²) in [6.45, 7) is 0. The summed E-state index contributed by atoms with van der Waals surface area (Å²) in [5, 5.41) is 12.9. The van der Waals surface area contributed by atoms with Gasteiger partial charge in [0.25, 0.3) is 0 Å². The molecule has 0 saturated carbocycles. The number of aromatic nitrogens is 8. The highest BCUT2D eigenvalue weighted by atomic mass is 16.4. The van der Waals surface area contributed by atoms with Crippen molar-refractivity contribution in [1.29, 1.82) is 0 Å². The summed E-state index contributed by atoms with van der Waals surface area (Å²) in [5.74, 6) is 0.791. The minimum atomic E-state index is -1.07. The molecule has 0 saturated heterocycles. The van der Waals surface area contributed by atoms with Crippen molar-refractivity contribution in [3.63, 3.8) is 0 Å². The molecule has 0 amide bonds. The number of rotatable bonds is 1. The first-order valence-electron chi connectivity index (χ1n) is 13.6. The predicted octanol–water partition coefficient (Wildman–Crippen LogP) is 6.57. The maximum Gasteiger partial charge on any atom is 0.336 e. The summed E-state index contributed by atoms with van der Waals surface area (Å²) in [6.07, 6.45) is 0. The molecule has 4 aromatic carbocycles. The summed E-state index contributed by atoms with van der Waals surface area (Å²) in [4.78, 5) is 48.5. The zero-order chi connectivity index (χ0) is 28.7. The molecule has 8 bridgehead atoms. The van der Waals surface area contributed by atoms with Crippen LogP contribution in [0.15, 0.2) is 91.0 Å². The number of fused-ring (bicyclic) bond motifs is 20. The van der Waals surface area contributed by atoms with Gasteiger partial charge in [-0.15, -0.1) is 0 Å². The molecule has 5 heterocycles.